The summed E-state index contributed by atoms with van der Waals surface area (Å²) >= 11 is 2.19. The number of imide groups is 2. The highest BCUT2D eigenvalue weighted by atomic mass is 32.2. The van der Waals surface area contributed by atoms with Crippen LogP contribution in [0.25, 0.3) is 0 Å². The van der Waals surface area contributed by atoms with E-state index in [0.29, 0.717) is 9.80 Å². The van der Waals surface area contributed by atoms with Crippen molar-refractivity contribution in [3.05, 3.63) is 71.8 Å². The molecule has 0 saturated carbocycles. The third kappa shape index (κ3) is 8.27. The van der Waals surface area contributed by atoms with Crippen LogP contribution < -0.4 is 22.1 Å². The first kappa shape index (κ1) is 45.4. The summed E-state index contributed by atoms with van der Waals surface area (Å²) in [7, 11) is 0. The van der Waals surface area contributed by atoms with Gasteiger partial charge < -0.3 is 42.1 Å². The van der Waals surface area contributed by atoms with E-state index in [4.69, 9.17) is 11.5 Å². The SMILES string of the molecule is CC1(C)S[C@@H]2[C@H](N(C(=O)CCCCC(=O)N(C(=O)C(NC(N)=O)c3ccccc3)[C@@H]3C(=O)N4[C@@H]3SC(C)(C)[C@@H]4C(=O)O)C(=O)C(NC(N)=O)c3ccccc3)C(=O)N2[C@H]1C(=O)O. The van der Waals surface area contributed by atoms with Crippen LogP contribution in [0.4, 0.5) is 9.59 Å². The van der Waals surface area contributed by atoms with Crippen LogP contribution in [0.5, 0.6) is 0 Å². The summed E-state index contributed by atoms with van der Waals surface area (Å²) in [6.45, 7) is 6.49. The van der Waals surface area contributed by atoms with Crippen LogP contribution >= 0.6 is 23.5 Å². The normalized spacial score (nSPS) is 24.8. The number of β-lactam (4-membered cyclic amide) rings is 2. The lowest BCUT2D eigenvalue weighted by atomic mass is 9.93. The molecule has 62 heavy (non-hydrogen) atoms. The van der Waals surface area contributed by atoms with Gasteiger partial charge in [0.05, 0.1) is 0 Å². The number of amides is 10. The lowest BCUT2D eigenvalue weighted by Gasteiger charge is -2.48. The fourth-order valence-corrected chi connectivity index (χ4v) is 11.9. The first-order chi connectivity index (χ1) is 29.1. The van der Waals surface area contributed by atoms with E-state index in [1.54, 1.807) is 64.1 Å². The molecule has 330 valence electrons. The molecule has 6 rings (SSSR count). The number of primary amides is 2. The first-order valence-electron chi connectivity index (χ1n) is 19.5. The smallest absolute Gasteiger partial charge is 0.327 e. The van der Waals surface area contributed by atoms with Crippen LogP contribution in [0.1, 0.15) is 76.6 Å². The van der Waals surface area contributed by atoms with Crippen molar-refractivity contribution in [3.63, 3.8) is 0 Å². The Morgan fingerprint density at radius 1 is 0.629 bits per heavy atom. The van der Waals surface area contributed by atoms with Gasteiger partial charge in [-0.05, 0) is 51.7 Å². The van der Waals surface area contributed by atoms with Gasteiger partial charge in [0.2, 0.25) is 11.8 Å². The highest BCUT2D eigenvalue weighted by Crippen LogP contribution is 2.54. The van der Waals surface area contributed by atoms with Crippen LogP contribution in [0.3, 0.4) is 0 Å². The molecule has 0 aliphatic carbocycles. The van der Waals surface area contributed by atoms with E-state index in [1.807, 2.05) is 0 Å². The summed E-state index contributed by atoms with van der Waals surface area (Å²) in [5.74, 6) is -7.94. The zero-order chi connectivity index (χ0) is 45.6. The number of unbranched alkanes of at least 4 members (excludes halogenated alkanes) is 1. The van der Waals surface area contributed by atoms with E-state index < -0.39 is 129 Å². The van der Waals surface area contributed by atoms with Crippen molar-refractivity contribution >= 4 is 83.0 Å². The number of carboxylic acid groups (broad SMARTS) is 2. The van der Waals surface area contributed by atoms with Crippen LogP contribution in [-0.4, -0.2) is 134 Å². The zero-order valence-electron chi connectivity index (χ0n) is 34.0. The molecule has 2 aromatic rings. The van der Waals surface area contributed by atoms with Crippen molar-refractivity contribution in [1.29, 1.82) is 0 Å². The van der Waals surface area contributed by atoms with Crippen LogP contribution in [0, 0.1) is 0 Å². The van der Waals surface area contributed by atoms with E-state index in [0.717, 1.165) is 33.3 Å². The Morgan fingerprint density at radius 3 is 1.24 bits per heavy atom. The van der Waals surface area contributed by atoms with Crippen molar-refractivity contribution in [2.75, 3.05) is 0 Å². The van der Waals surface area contributed by atoms with Gasteiger partial charge in [-0.25, -0.2) is 19.2 Å². The predicted octanol–water partition coefficient (Wildman–Crippen LogP) is 1.11. The molecule has 0 bridgehead atoms. The number of benzene rings is 2. The summed E-state index contributed by atoms with van der Waals surface area (Å²) < 4.78 is -2.03. The van der Waals surface area contributed by atoms with Gasteiger partial charge in [0, 0.05) is 22.3 Å². The third-order valence-corrected chi connectivity index (χ3v) is 14.3. The molecule has 0 radical (unpaired) electrons. The van der Waals surface area contributed by atoms with E-state index in [9.17, 15) is 58.2 Å². The number of carbonyl (C=O) groups excluding carboxylic acids is 8. The largest absolute Gasteiger partial charge is 0.480 e. The summed E-state index contributed by atoms with van der Waals surface area (Å²) in [6.07, 6.45) is -1.12. The summed E-state index contributed by atoms with van der Waals surface area (Å²) in [6, 6.07) is 4.92. The van der Waals surface area contributed by atoms with Gasteiger partial charge in [-0.15, -0.1) is 23.5 Å². The number of fused-ring (bicyclic) bond motifs is 2. The molecule has 22 heteroatoms. The molecule has 4 fully saturated rings. The van der Waals surface area contributed by atoms with Crippen LogP contribution in [-0.2, 0) is 38.4 Å². The maximum Gasteiger partial charge on any atom is 0.327 e. The number of carboxylic acids is 2. The summed E-state index contributed by atoms with van der Waals surface area (Å²) in [5.41, 5.74) is 11.3. The van der Waals surface area contributed by atoms with E-state index in [-0.39, 0.29) is 24.0 Å². The van der Waals surface area contributed by atoms with Gasteiger partial charge in [-0.3, -0.25) is 38.6 Å². The number of hydrogen-bond acceptors (Lipinski definition) is 12. The molecule has 4 saturated heterocycles. The number of aliphatic carboxylic acids is 2. The number of urea groups is 2. The van der Waals surface area contributed by atoms with Gasteiger partial charge in [0.25, 0.3) is 23.6 Å². The lowest BCUT2D eigenvalue weighted by molar-refractivity contribution is -0.173. The second kappa shape index (κ2) is 17.3. The highest BCUT2D eigenvalue weighted by molar-refractivity contribution is 8.02. The fourth-order valence-electron chi connectivity index (χ4n) is 8.51. The van der Waals surface area contributed by atoms with Gasteiger partial charge in [0.15, 0.2) is 0 Å². The molecule has 2 unspecified atom stereocenters. The quantitative estimate of drug-likeness (QED) is 0.108. The average molecular weight is 895 g/mol. The first-order valence-corrected chi connectivity index (χ1v) is 21.3. The van der Waals surface area contributed by atoms with Crippen molar-refractivity contribution < 1.29 is 58.2 Å². The Kier molecular flexibility index (Phi) is 12.7. The molecule has 8 N–H and O–H groups in total. The Balaban J connectivity index is 1.25. The molecule has 2 aromatic carbocycles. The Hall–Kier alpha value is -6.16. The fraction of sp³-hybridized carbons (Fsp3) is 0.450. The molecular weight excluding hydrogens is 849 g/mol. The number of nitrogens with zero attached hydrogens (tertiary/aromatic N) is 4. The minimum absolute atomic E-state index is 0.111. The maximum atomic E-state index is 14.4. The minimum atomic E-state index is -1.53. The molecule has 0 spiro atoms. The second-order valence-electron chi connectivity index (χ2n) is 16.2. The van der Waals surface area contributed by atoms with Crippen molar-refractivity contribution in [2.24, 2.45) is 11.5 Å². The third-order valence-electron chi connectivity index (χ3n) is 11.2. The number of nitrogens with one attached hydrogen (secondary N) is 2. The average Bonchev–Trinajstić information content (AvgIpc) is 3.62. The molecule has 4 heterocycles. The van der Waals surface area contributed by atoms with Crippen LogP contribution in [0.15, 0.2) is 60.7 Å². The molecule has 8 atom stereocenters. The Morgan fingerprint density at radius 2 is 0.952 bits per heavy atom. The monoisotopic (exact) mass is 894 g/mol. The van der Waals surface area contributed by atoms with Crippen molar-refractivity contribution in [3.8, 4) is 0 Å². The molecule has 4 aliphatic heterocycles. The maximum absolute atomic E-state index is 14.4. The number of thioether (sulfide) groups is 2. The number of nitrogens with two attached hydrogens (primary N) is 2. The molecule has 20 nitrogen and oxygen atoms in total. The van der Waals surface area contributed by atoms with Crippen molar-refractivity contribution in [2.45, 2.75) is 110 Å². The van der Waals surface area contributed by atoms with Gasteiger partial charge in [-0.2, -0.15) is 0 Å². The number of hydrogen-bond donors (Lipinski definition) is 6. The molecule has 0 aromatic heterocycles. The van der Waals surface area contributed by atoms with Crippen molar-refractivity contribution in [1.82, 2.24) is 30.2 Å². The predicted molar refractivity (Wildman–Crippen MR) is 221 cm³/mol. The van der Waals surface area contributed by atoms with Gasteiger partial charge >= 0.3 is 24.0 Å². The highest BCUT2D eigenvalue weighted by Gasteiger charge is 2.68. The van der Waals surface area contributed by atoms with Crippen LogP contribution in [0.2, 0.25) is 0 Å². The Labute approximate surface area is 363 Å². The lowest BCUT2D eigenvalue weighted by Crippen LogP contribution is -2.72. The standard InChI is InChI=1S/C40H46N8O12S2/c1-39(2)27(35(55)56)47-31(53)25(33(47)61-39)45(29(51)23(43-37(41)59)19-13-7-5-8-14-19)21(49)17-11-12-18-22(50)46(30(52)24(44-38(42)60)20-15-9-6-10-16-20)26-32(54)48-28(36(57)58)40(3,4)62-34(26)48/h5-10,13-16,23-28,33-34H,11-12,17-18H2,1-4H3,(H,55,56)(H,57,58)(H3,41,43,59)(H3,42,44,60)/t23?,24?,25-,26-,27+,28+,33-,34-/m1/s1. The molecular formula is C40H46N8O12S2. The Bertz CT molecular complexity index is 2060. The van der Waals surface area contributed by atoms with Gasteiger partial charge in [0.1, 0.15) is 47.0 Å². The molecule has 4 aliphatic rings. The number of rotatable bonds is 15. The molecule has 10 amide bonds. The topological polar surface area (TPSA) is 300 Å². The van der Waals surface area contributed by atoms with E-state index in [2.05, 4.69) is 10.6 Å². The second-order valence-corrected chi connectivity index (χ2v) is 19.7. The summed E-state index contributed by atoms with van der Waals surface area (Å²) in [5, 5.41) is 22.8. The zero-order valence-corrected chi connectivity index (χ0v) is 35.6. The summed E-state index contributed by atoms with van der Waals surface area (Å²) in [4.78, 5) is 137. The van der Waals surface area contributed by atoms with E-state index >= 15 is 0 Å². The van der Waals surface area contributed by atoms with E-state index in [1.165, 1.54) is 24.3 Å². The minimum Gasteiger partial charge on any atom is -0.480 e. The van der Waals surface area contributed by atoms with Gasteiger partial charge in [-0.1, -0.05) is 60.7 Å². The number of carbonyl (C=O) groups is 10.